The van der Waals surface area contributed by atoms with Gasteiger partial charge in [-0.1, -0.05) is 48.5 Å². The SMILES string of the molecule is CN(Cc1cnn(Cc2ccccc2)c1)C(=O)CN1C(=O)NC2(CCOc3ccccc32)C1=O. The van der Waals surface area contributed by atoms with Crippen LogP contribution >= 0.6 is 0 Å². The highest BCUT2D eigenvalue weighted by molar-refractivity contribution is 6.09. The standard InChI is InChI=1S/C25H25N5O4/c1-28(14-19-13-26-29(16-19)15-18-7-3-2-4-8-18)22(31)17-30-23(32)25(27-24(30)33)11-12-34-21-10-6-5-9-20(21)25/h2-10,13,16H,11-12,14-15,17H2,1H3,(H,27,33). The van der Waals surface area contributed by atoms with Gasteiger partial charge in [0.2, 0.25) is 5.91 Å². The zero-order valence-corrected chi connectivity index (χ0v) is 18.8. The largest absolute Gasteiger partial charge is 0.493 e. The molecule has 174 valence electrons. The molecular weight excluding hydrogens is 434 g/mol. The number of urea groups is 1. The number of rotatable bonds is 6. The first-order valence-electron chi connectivity index (χ1n) is 11.1. The molecule has 1 fully saturated rings. The summed E-state index contributed by atoms with van der Waals surface area (Å²) in [6, 6.07) is 16.6. The maximum absolute atomic E-state index is 13.4. The first-order chi connectivity index (χ1) is 16.5. The monoisotopic (exact) mass is 459 g/mol. The van der Waals surface area contributed by atoms with Gasteiger partial charge in [-0.25, -0.2) is 4.79 Å². The molecule has 3 aromatic rings. The van der Waals surface area contributed by atoms with Crippen LogP contribution in [0.1, 0.15) is 23.1 Å². The van der Waals surface area contributed by atoms with E-state index in [0.717, 1.165) is 16.0 Å². The average Bonchev–Trinajstić information content (AvgIpc) is 3.37. The Kier molecular flexibility index (Phi) is 5.53. The lowest BCUT2D eigenvalue weighted by atomic mass is 9.84. The third-order valence-electron chi connectivity index (χ3n) is 6.27. The Hall–Kier alpha value is -4.14. The summed E-state index contributed by atoms with van der Waals surface area (Å²) in [4.78, 5) is 41.5. The van der Waals surface area contributed by atoms with Crippen LogP contribution in [0.4, 0.5) is 4.79 Å². The third kappa shape index (κ3) is 3.89. The summed E-state index contributed by atoms with van der Waals surface area (Å²) in [7, 11) is 1.65. The van der Waals surface area contributed by atoms with Gasteiger partial charge >= 0.3 is 6.03 Å². The van der Waals surface area contributed by atoms with Gasteiger partial charge in [-0.2, -0.15) is 5.10 Å². The van der Waals surface area contributed by atoms with Gasteiger partial charge in [0.05, 0.1) is 19.3 Å². The van der Waals surface area contributed by atoms with Crippen molar-refractivity contribution in [3.8, 4) is 5.75 Å². The molecule has 0 aliphatic carbocycles. The molecule has 3 heterocycles. The number of carbonyl (C=O) groups is 3. The Morgan fingerprint density at radius 3 is 2.71 bits per heavy atom. The summed E-state index contributed by atoms with van der Waals surface area (Å²) in [6.45, 7) is 0.926. The molecule has 1 N–H and O–H groups in total. The van der Waals surface area contributed by atoms with Gasteiger partial charge in [-0.15, -0.1) is 0 Å². The number of nitrogens with zero attached hydrogens (tertiary/aromatic N) is 4. The van der Waals surface area contributed by atoms with E-state index >= 15 is 0 Å². The van der Waals surface area contributed by atoms with Gasteiger partial charge in [-0.3, -0.25) is 19.2 Å². The van der Waals surface area contributed by atoms with Crippen molar-refractivity contribution >= 4 is 17.8 Å². The van der Waals surface area contributed by atoms with E-state index in [2.05, 4.69) is 10.4 Å². The van der Waals surface area contributed by atoms with Crippen LogP contribution < -0.4 is 10.1 Å². The molecule has 9 heteroatoms. The second-order valence-corrected chi connectivity index (χ2v) is 8.60. The predicted octanol–water partition coefficient (Wildman–Crippen LogP) is 2.12. The zero-order chi connectivity index (χ0) is 23.7. The molecule has 5 rings (SSSR count). The van der Waals surface area contributed by atoms with Crippen molar-refractivity contribution in [1.82, 2.24) is 24.9 Å². The van der Waals surface area contributed by atoms with E-state index in [9.17, 15) is 14.4 Å². The van der Waals surface area contributed by atoms with Crippen molar-refractivity contribution in [2.45, 2.75) is 25.0 Å². The van der Waals surface area contributed by atoms with Gasteiger partial charge in [0, 0.05) is 37.3 Å². The maximum atomic E-state index is 13.4. The minimum Gasteiger partial charge on any atom is -0.493 e. The van der Waals surface area contributed by atoms with Gasteiger partial charge in [0.1, 0.15) is 12.3 Å². The molecule has 0 saturated carbocycles. The third-order valence-corrected chi connectivity index (χ3v) is 6.27. The van der Waals surface area contributed by atoms with E-state index in [1.807, 2.05) is 47.3 Å². The molecule has 34 heavy (non-hydrogen) atoms. The quantitative estimate of drug-likeness (QED) is 0.570. The number of fused-ring (bicyclic) bond motifs is 2. The second-order valence-electron chi connectivity index (χ2n) is 8.60. The molecule has 1 saturated heterocycles. The lowest BCUT2D eigenvalue weighted by Crippen LogP contribution is -2.48. The van der Waals surface area contributed by atoms with Crippen LogP contribution in [-0.4, -0.2) is 57.6 Å². The molecule has 1 spiro atoms. The Morgan fingerprint density at radius 2 is 1.88 bits per heavy atom. The van der Waals surface area contributed by atoms with E-state index < -0.39 is 17.5 Å². The van der Waals surface area contributed by atoms with Gasteiger partial charge in [0.15, 0.2) is 5.54 Å². The molecule has 2 aromatic carbocycles. The maximum Gasteiger partial charge on any atom is 0.325 e. The fraction of sp³-hybridized carbons (Fsp3) is 0.280. The summed E-state index contributed by atoms with van der Waals surface area (Å²) in [6.07, 6.45) is 3.92. The van der Waals surface area contributed by atoms with Crippen LogP contribution in [0.3, 0.4) is 0 Å². The summed E-state index contributed by atoms with van der Waals surface area (Å²) < 4.78 is 7.46. The lowest BCUT2D eigenvalue weighted by Gasteiger charge is -2.33. The molecule has 0 radical (unpaired) electrons. The van der Waals surface area contributed by atoms with Crippen molar-refractivity contribution in [2.24, 2.45) is 0 Å². The second kappa shape index (κ2) is 8.66. The van der Waals surface area contributed by atoms with Gasteiger partial charge < -0.3 is 15.0 Å². The number of benzene rings is 2. The molecule has 2 aliphatic heterocycles. The Labute approximate surface area is 196 Å². The van der Waals surface area contributed by atoms with Crippen LogP contribution in [0.2, 0.25) is 0 Å². The van der Waals surface area contributed by atoms with Crippen LogP contribution in [-0.2, 0) is 28.2 Å². The van der Waals surface area contributed by atoms with Gasteiger partial charge in [-0.05, 0) is 11.6 Å². The molecule has 1 aromatic heterocycles. The first kappa shape index (κ1) is 21.7. The van der Waals surface area contributed by atoms with Crippen LogP contribution in [0.15, 0.2) is 67.0 Å². The molecule has 1 unspecified atom stereocenters. The van der Waals surface area contributed by atoms with E-state index in [1.54, 1.807) is 31.4 Å². The number of imide groups is 1. The smallest absolute Gasteiger partial charge is 0.325 e. The number of para-hydroxylation sites is 1. The molecule has 0 bridgehead atoms. The lowest BCUT2D eigenvalue weighted by molar-refractivity contribution is -0.139. The molecule has 1 atom stereocenters. The Balaban J connectivity index is 1.24. The predicted molar refractivity (Wildman–Crippen MR) is 123 cm³/mol. The van der Waals surface area contributed by atoms with Crippen molar-refractivity contribution < 1.29 is 19.1 Å². The topological polar surface area (TPSA) is 96.8 Å². The number of amides is 4. The van der Waals surface area contributed by atoms with Crippen LogP contribution in [0.25, 0.3) is 0 Å². The minimum absolute atomic E-state index is 0.303. The summed E-state index contributed by atoms with van der Waals surface area (Å²) in [5.41, 5.74) is 1.42. The van der Waals surface area contributed by atoms with Crippen molar-refractivity contribution in [1.29, 1.82) is 0 Å². The highest BCUT2D eigenvalue weighted by atomic mass is 16.5. The van der Waals surface area contributed by atoms with E-state index in [1.165, 1.54) is 4.90 Å². The average molecular weight is 460 g/mol. The normalized spacial score (nSPS) is 19.0. The number of hydrogen-bond acceptors (Lipinski definition) is 5. The molecular formula is C25H25N5O4. The number of likely N-dealkylation sites (N-methyl/N-ethyl adjacent to an activating group) is 1. The van der Waals surface area contributed by atoms with E-state index in [0.29, 0.717) is 37.4 Å². The molecule has 9 nitrogen and oxygen atoms in total. The number of hydrogen-bond donors (Lipinski definition) is 1. The summed E-state index contributed by atoms with van der Waals surface area (Å²) in [5.74, 6) is -0.192. The number of nitrogens with one attached hydrogen (secondary N) is 1. The Bertz CT molecular complexity index is 1240. The van der Waals surface area contributed by atoms with Crippen molar-refractivity contribution in [3.63, 3.8) is 0 Å². The Morgan fingerprint density at radius 1 is 1.12 bits per heavy atom. The minimum atomic E-state index is -1.19. The zero-order valence-electron chi connectivity index (χ0n) is 18.8. The fourth-order valence-corrected chi connectivity index (χ4v) is 4.48. The van der Waals surface area contributed by atoms with Crippen molar-refractivity contribution in [3.05, 3.63) is 83.7 Å². The number of carbonyl (C=O) groups excluding carboxylic acids is 3. The highest BCUT2D eigenvalue weighted by Gasteiger charge is 2.55. The molecule has 2 aliphatic rings. The molecule has 4 amide bonds. The van der Waals surface area contributed by atoms with Gasteiger partial charge in [0.25, 0.3) is 5.91 Å². The summed E-state index contributed by atoms with van der Waals surface area (Å²) >= 11 is 0. The fourth-order valence-electron chi connectivity index (χ4n) is 4.48. The number of aromatic nitrogens is 2. The first-order valence-corrected chi connectivity index (χ1v) is 11.1. The highest BCUT2D eigenvalue weighted by Crippen LogP contribution is 2.40. The van der Waals surface area contributed by atoms with Crippen LogP contribution in [0, 0.1) is 0 Å². The van der Waals surface area contributed by atoms with Crippen LogP contribution in [0.5, 0.6) is 5.75 Å². The summed E-state index contributed by atoms with van der Waals surface area (Å²) in [5, 5.41) is 7.19. The van der Waals surface area contributed by atoms with Crippen molar-refractivity contribution in [2.75, 3.05) is 20.2 Å². The van der Waals surface area contributed by atoms with E-state index in [-0.39, 0.29) is 12.5 Å². The van der Waals surface area contributed by atoms with E-state index in [4.69, 9.17) is 4.74 Å². The number of ether oxygens (including phenoxy) is 1.